The molecular weight excluding hydrogens is 232 g/mol. The van der Waals surface area contributed by atoms with E-state index in [0.717, 1.165) is 0 Å². The number of carboxylic acid groups (broad SMARTS) is 1. The van der Waals surface area contributed by atoms with Crippen molar-refractivity contribution in [3.05, 3.63) is 0 Å². The van der Waals surface area contributed by atoms with Crippen LogP contribution in [-0.4, -0.2) is 40.5 Å². The minimum atomic E-state index is -1.20. The van der Waals surface area contributed by atoms with Crippen LogP contribution in [-0.2, 0) is 9.59 Å². The van der Waals surface area contributed by atoms with E-state index in [1.54, 1.807) is 20.8 Å². The molecule has 0 saturated heterocycles. The molecule has 0 heterocycles. The molecule has 0 aromatic heterocycles. The van der Waals surface area contributed by atoms with Gasteiger partial charge in [-0.2, -0.15) is 0 Å². The Hall–Kier alpha value is -1.10. The van der Waals surface area contributed by atoms with Crippen LogP contribution in [0.3, 0.4) is 0 Å². The summed E-state index contributed by atoms with van der Waals surface area (Å²) in [6.07, 6.45) is 0.682. The summed E-state index contributed by atoms with van der Waals surface area (Å²) in [7, 11) is 0. The normalized spacial score (nSPS) is 13.5. The van der Waals surface area contributed by atoms with Crippen molar-refractivity contribution in [3.63, 3.8) is 0 Å². The highest BCUT2D eigenvalue weighted by atomic mass is 16.4. The maximum atomic E-state index is 12.4. The van der Waals surface area contributed by atoms with Crippen molar-refractivity contribution in [1.29, 1.82) is 0 Å². The number of nitrogens with zero attached hydrogens (tertiary/aromatic N) is 1. The number of rotatable bonds is 7. The monoisotopic (exact) mass is 258 g/mol. The number of aliphatic carboxylic acids is 1. The highest BCUT2D eigenvalue weighted by molar-refractivity contribution is 5.87. The van der Waals surface area contributed by atoms with E-state index in [2.05, 4.69) is 0 Å². The third-order valence-corrected chi connectivity index (χ3v) is 3.17. The molecule has 106 valence electrons. The third-order valence-electron chi connectivity index (χ3n) is 3.17. The molecule has 0 rings (SSSR count). The molecule has 1 atom stereocenters. The van der Waals surface area contributed by atoms with E-state index in [9.17, 15) is 14.7 Å². The Morgan fingerprint density at radius 1 is 1.33 bits per heavy atom. The average molecular weight is 258 g/mol. The number of amides is 1. The van der Waals surface area contributed by atoms with Crippen LogP contribution < -0.4 is 5.73 Å². The van der Waals surface area contributed by atoms with Crippen LogP contribution >= 0.6 is 0 Å². The predicted octanol–water partition coefficient (Wildman–Crippen LogP) is 1.32. The van der Waals surface area contributed by atoms with Crippen molar-refractivity contribution in [2.24, 2.45) is 17.6 Å². The molecule has 0 bridgehead atoms. The molecular formula is C13H26N2O3. The predicted molar refractivity (Wildman–Crippen MR) is 71.1 cm³/mol. The summed E-state index contributed by atoms with van der Waals surface area (Å²) in [5.41, 5.74) is 4.44. The maximum Gasteiger partial charge on any atom is 0.329 e. The van der Waals surface area contributed by atoms with Gasteiger partial charge in [0.15, 0.2) is 0 Å². The maximum absolute atomic E-state index is 12.4. The minimum Gasteiger partial charge on any atom is -0.480 e. The van der Waals surface area contributed by atoms with Crippen LogP contribution in [0.4, 0.5) is 0 Å². The van der Waals surface area contributed by atoms with Crippen molar-refractivity contribution in [1.82, 2.24) is 4.90 Å². The SMILES string of the molecule is CCN(C(=O)C(CN)CC(C)C)C(C)(C)C(=O)O. The molecule has 0 radical (unpaired) electrons. The lowest BCUT2D eigenvalue weighted by atomic mass is 9.93. The molecule has 18 heavy (non-hydrogen) atoms. The number of carbonyl (C=O) groups is 2. The van der Waals surface area contributed by atoms with Crippen molar-refractivity contribution >= 4 is 11.9 Å². The average Bonchev–Trinajstić information content (AvgIpc) is 2.25. The highest BCUT2D eigenvalue weighted by Gasteiger charge is 2.39. The topological polar surface area (TPSA) is 83.6 Å². The first kappa shape index (κ1) is 16.9. The van der Waals surface area contributed by atoms with Crippen LogP contribution in [0.2, 0.25) is 0 Å². The standard InChI is InChI=1S/C13H26N2O3/c1-6-15(13(4,5)12(17)18)11(16)10(8-14)7-9(2)3/h9-10H,6-8,14H2,1-5H3,(H,17,18). The fraction of sp³-hybridized carbons (Fsp3) is 0.846. The smallest absolute Gasteiger partial charge is 0.329 e. The highest BCUT2D eigenvalue weighted by Crippen LogP contribution is 2.21. The largest absolute Gasteiger partial charge is 0.480 e. The van der Waals surface area contributed by atoms with Crippen molar-refractivity contribution in [2.75, 3.05) is 13.1 Å². The van der Waals surface area contributed by atoms with E-state index in [-0.39, 0.29) is 18.4 Å². The van der Waals surface area contributed by atoms with Gasteiger partial charge in [-0.3, -0.25) is 4.79 Å². The summed E-state index contributed by atoms with van der Waals surface area (Å²) in [5.74, 6) is -1.11. The third kappa shape index (κ3) is 3.98. The number of hydrogen-bond donors (Lipinski definition) is 2. The summed E-state index contributed by atoms with van der Waals surface area (Å²) >= 11 is 0. The molecule has 0 aliphatic heterocycles. The fourth-order valence-corrected chi connectivity index (χ4v) is 2.03. The zero-order chi connectivity index (χ0) is 14.5. The lowest BCUT2D eigenvalue weighted by Crippen LogP contribution is -2.55. The van der Waals surface area contributed by atoms with Crippen LogP contribution in [0, 0.1) is 11.8 Å². The van der Waals surface area contributed by atoms with Gasteiger partial charge in [0.05, 0.1) is 5.92 Å². The lowest BCUT2D eigenvalue weighted by molar-refractivity contribution is -0.158. The van der Waals surface area contributed by atoms with Crippen LogP contribution in [0.1, 0.15) is 41.0 Å². The van der Waals surface area contributed by atoms with E-state index in [4.69, 9.17) is 5.73 Å². The van der Waals surface area contributed by atoms with Gasteiger partial charge in [0.2, 0.25) is 5.91 Å². The first-order valence-electron chi connectivity index (χ1n) is 6.43. The van der Waals surface area contributed by atoms with E-state index in [1.165, 1.54) is 4.90 Å². The molecule has 0 aliphatic carbocycles. The van der Waals surface area contributed by atoms with E-state index >= 15 is 0 Å². The Bertz CT molecular complexity index is 301. The Morgan fingerprint density at radius 3 is 2.11 bits per heavy atom. The van der Waals surface area contributed by atoms with Crippen LogP contribution in [0.5, 0.6) is 0 Å². The van der Waals surface area contributed by atoms with Gasteiger partial charge < -0.3 is 15.7 Å². The number of hydrogen-bond acceptors (Lipinski definition) is 3. The zero-order valence-electron chi connectivity index (χ0n) is 12.1. The second-order valence-electron chi connectivity index (χ2n) is 5.51. The van der Waals surface area contributed by atoms with Gasteiger partial charge in [-0.05, 0) is 33.1 Å². The summed E-state index contributed by atoms with van der Waals surface area (Å²) < 4.78 is 0. The minimum absolute atomic E-state index is 0.166. The molecule has 0 aromatic carbocycles. The Balaban J connectivity index is 5.05. The van der Waals surface area contributed by atoms with Crippen LogP contribution in [0.25, 0.3) is 0 Å². The van der Waals surface area contributed by atoms with Crippen molar-refractivity contribution in [2.45, 2.75) is 46.6 Å². The molecule has 1 amide bonds. The molecule has 0 fully saturated rings. The quantitative estimate of drug-likeness (QED) is 0.721. The molecule has 0 aromatic rings. The number of nitrogens with two attached hydrogens (primary N) is 1. The summed E-state index contributed by atoms with van der Waals surface area (Å²) in [6.45, 7) is 9.53. The Kier molecular flexibility index (Phi) is 6.32. The lowest BCUT2D eigenvalue weighted by Gasteiger charge is -2.36. The van der Waals surface area contributed by atoms with Crippen molar-refractivity contribution < 1.29 is 14.7 Å². The van der Waals surface area contributed by atoms with Gasteiger partial charge in [-0.15, -0.1) is 0 Å². The second kappa shape index (κ2) is 6.73. The van der Waals surface area contributed by atoms with E-state index in [1.807, 2.05) is 13.8 Å². The van der Waals surface area contributed by atoms with Gasteiger partial charge in [0.1, 0.15) is 5.54 Å². The molecule has 5 heteroatoms. The number of carboxylic acids is 1. The van der Waals surface area contributed by atoms with Gasteiger partial charge in [0.25, 0.3) is 0 Å². The van der Waals surface area contributed by atoms with Gasteiger partial charge in [0, 0.05) is 13.1 Å². The fourth-order valence-electron chi connectivity index (χ4n) is 2.03. The van der Waals surface area contributed by atoms with Crippen LogP contribution in [0.15, 0.2) is 0 Å². The molecule has 1 unspecified atom stereocenters. The molecule has 5 nitrogen and oxygen atoms in total. The molecule has 0 aliphatic rings. The number of carbonyl (C=O) groups excluding carboxylic acids is 1. The first-order chi connectivity index (χ1) is 8.18. The second-order valence-corrected chi connectivity index (χ2v) is 5.51. The van der Waals surface area contributed by atoms with Gasteiger partial charge >= 0.3 is 5.97 Å². The number of likely N-dealkylation sites (N-methyl/N-ethyl adjacent to an activating group) is 1. The molecule has 0 saturated carbocycles. The van der Waals surface area contributed by atoms with E-state index < -0.39 is 11.5 Å². The summed E-state index contributed by atoms with van der Waals surface area (Å²) in [6, 6.07) is 0. The first-order valence-corrected chi connectivity index (χ1v) is 6.43. The Morgan fingerprint density at radius 2 is 1.83 bits per heavy atom. The van der Waals surface area contributed by atoms with Crippen molar-refractivity contribution in [3.8, 4) is 0 Å². The molecule has 0 spiro atoms. The summed E-state index contributed by atoms with van der Waals surface area (Å²) in [5, 5.41) is 9.20. The molecule has 3 N–H and O–H groups in total. The van der Waals surface area contributed by atoms with E-state index in [0.29, 0.717) is 18.9 Å². The van der Waals surface area contributed by atoms with Gasteiger partial charge in [-0.25, -0.2) is 4.79 Å². The zero-order valence-corrected chi connectivity index (χ0v) is 12.1. The Labute approximate surface area is 109 Å². The summed E-state index contributed by atoms with van der Waals surface area (Å²) in [4.78, 5) is 25.0. The van der Waals surface area contributed by atoms with Gasteiger partial charge in [-0.1, -0.05) is 13.8 Å².